The first-order valence-electron chi connectivity index (χ1n) is 9.14. The normalized spacial score (nSPS) is 11.5. The summed E-state index contributed by atoms with van der Waals surface area (Å²) >= 11 is 0. The highest BCUT2D eigenvalue weighted by atomic mass is 16.5. The van der Waals surface area contributed by atoms with Gasteiger partial charge in [0.15, 0.2) is 0 Å². The smallest absolute Gasteiger partial charge is 0.119 e. The minimum Gasteiger partial charge on any atom is -0.494 e. The summed E-state index contributed by atoms with van der Waals surface area (Å²) in [4.78, 5) is 0. The lowest BCUT2D eigenvalue weighted by Crippen LogP contribution is -2.19. The zero-order valence-corrected chi connectivity index (χ0v) is 15.3. The maximum absolute atomic E-state index is 5.85. The van der Waals surface area contributed by atoms with E-state index in [1.54, 1.807) is 0 Å². The van der Waals surface area contributed by atoms with Crippen LogP contribution < -0.4 is 10.1 Å². The van der Waals surface area contributed by atoms with Crippen molar-refractivity contribution in [1.29, 1.82) is 0 Å². The van der Waals surface area contributed by atoms with E-state index in [2.05, 4.69) is 80.7 Å². The van der Waals surface area contributed by atoms with E-state index in [0.717, 1.165) is 31.9 Å². The van der Waals surface area contributed by atoms with E-state index in [9.17, 15) is 0 Å². The molecule has 24 heavy (non-hydrogen) atoms. The van der Waals surface area contributed by atoms with Gasteiger partial charge in [-0.15, -0.1) is 0 Å². The highest BCUT2D eigenvalue weighted by Gasteiger charge is 2.22. The summed E-state index contributed by atoms with van der Waals surface area (Å²) in [6, 6.07) is 19.2. The van der Waals surface area contributed by atoms with Gasteiger partial charge in [-0.05, 0) is 49.2 Å². The molecule has 0 bridgehead atoms. The van der Waals surface area contributed by atoms with Crippen LogP contribution in [0.5, 0.6) is 5.75 Å². The lowest BCUT2D eigenvalue weighted by molar-refractivity contribution is 0.308. The molecule has 2 aromatic rings. The Labute approximate surface area is 147 Å². The second kappa shape index (κ2) is 9.48. The maximum Gasteiger partial charge on any atom is 0.119 e. The van der Waals surface area contributed by atoms with Crippen molar-refractivity contribution in [3.8, 4) is 5.75 Å². The van der Waals surface area contributed by atoms with Gasteiger partial charge in [0.25, 0.3) is 0 Å². The van der Waals surface area contributed by atoms with Gasteiger partial charge in [0.05, 0.1) is 6.61 Å². The Bertz CT molecular complexity index is 575. The highest BCUT2D eigenvalue weighted by molar-refractivity contribution is 5.39. The summed E-state index contributed by atoms with van der Waals surface area (Å²) in [5.41, 5.74) is 2.64. The Morgan fingerprint density at radius 1 is 0.833 bits per heavy atom. The van der Waals surface area contributed by atoms with Gasteiger partial charge in [-0.2, -0.15) is 0 Å². The summed E-state index contributed by atoms with van der Waals surface area (Å²) in [6.45, 7) is 9.65. The van der Waals surface area contributed by atoms with Crippen LogP contribution in [-0.4, -0.2) is 19.7 Å². The van der Waals surface area contributed by atoms with Crippen LogP contribution in [0, 0.1) is 0 Å². The van der Waals surface area contributed by atoms with Gasteiger partial charge in [-0.1, -0.05) is 69.7 Å². The third-order valence-electron chi connectivity index (χ3n) is 4.55. The fourth-order valence-corrected chi connectivity index (χ4v) is 2.80. The van der Waals surface area contributed by atoms with E-state index in [-0.39, 0.29) is 5.41 Å². The molecule has 0 heterocycles. The van der Waals surface area contributed by atoms with Gasteiger partial charge < -0.3 is 10.1 Å². The second-order valence-corrected chi connectivity index (χ2v) is 6.82. The van der Waals surface area contributed by atoms with Crippen LogP contribution in [0.4, 0.5) is 0 Å². The first kappa shape index (κ1) is 18.5. The average Bonchev–Trinajstić information content (AvgIpc) is 2.62. The molecule has 2 aromatic carbocycles. The van der Waals surface area contributed by atoms with Crippen molar-refractivity contribution in [2.45, 2.75) is 45.4 Å². The molecule has 0 aliphatic rings. The molecule has 130 valence electrons. The molecule has 2 heteroatoms. The topological polar surface area (TPSA) is 21.3 Å². The molecule has 0 amide bonds. The number of benzene rings is 2. The Morgan fingerprint density at radius 2 is 1.46 bits per heavy atom. The molecule has 0 saturated heterocycles. The zero-order valence-electron chi connectivity index (χ0n) is 15.3. The largest absolute Gasteiger partial charge is 0.494 e. The first-order valence-corrected chi connectivity index (χ1v) is 9.14. The summed E-state index contributed by atoms with van der Waals surface area (Å²) in [5.74, 6) is 0.955. The predicted molar refractivity (Wildman–Crippen MR) is 103 cm³/mol. The van der Waals surface area contributed by atoms with Crippen LogP contribution in [-0.2, 0) is 5.41 Å². The number of unbranched alkanes of at least 4 members (excludes halogenated alkanes) is 1. The van der Waals surface area contributed by atoms with Crippen molar-refractivity contribution in [1.82, 2.24) is 5.32 Å². The Hall–Kier alpha value is -1.80. The van der Waals surface area contributed by atoms with Crippen LogP contribution in [0.3, 0.4) is 0 Å². The highest BCUT2D eigenvalue weighted by Crippen LogP contribution is 2.32. The third kappa shape index (κ3) is 5.38. The predicted octanol–water partition coefficient (Wildman–Crippen LogP) is 5.17. The van der Waals surface area contributed by atoms with Crippen LogP contribution in [0.1, 0.15) is 51.2 Å². The van der Waals surface area contributed by atoms with E-state index in [0.29, 0.717) is 0 Å². The van der Waals surface area contributed by atoms with Crippen molar-refractivity contribution in [2.24, 2.45) is 0 Å². The Balaban J connectivity index is 1.82. The molecule has 2 rings (SSSR count). The second-order valence-electron chi connectivity index (χ2n) is 6.82. The molecule has 2 nitrogen and oxygen atoms in total. The zero-order chi connectivity index (χ0) is 17.3. The summed E-state index contributed by atoms with van der Waals surface area (Å²) in [6.07, 6.45) is 3.54. The standard InChI is InChI=1S/C22H31NO/c1-4-5-16-23-17-9-18-24-21-14-12-20(13-15-21)22(2,3)19-10-7-6-8-11-19/h6-8,10-15,23H,4-5,9,16-18H2,1-3H3. The third-order valence-corrected chi connectivity index (χ3v) is 4.55. The number of nitrogens with one attached hydrogen (secondary N) is 1. The molecule has 0 aliphatic heterocycles. The van der Waals surface area contributed by atoms with Crippen molar-refractivity contribution in [2.75, 3.05) is 19.7 Å². The molecule has 0 saturated carbocycles. The van der Waals surface area contributed by atoms with Crippen molar-refractivity contribution >= 4 is 0 Å². The van der Waals surface area contributed by atoms with E-state index in [4.69, 9.17) is 4.74 Å². The minimum atomic E-state index is 0.00296. The molecule has 0 unspecified atom stereocenters. The van der Waals surface area contributed by atoms with E-state index < -0.39 is 0 Å². The first-order chi connectivity index (χ1) is 11.6. The fourth-order valence-electron chi connectivity index (χ4n) is 2.80. The van der Waals surface area contributed by atoms with Crippen molar-refractivity contribution in [3.05, 3.63) is 65.7 Å². The summed E-state index contributed by atoms with van der Waals surface area (Å²) in [5, 5.41) is 3.44. The van der Waals surface area contributed by atoms with Gasteiger partial charge in [-0.3, -0.25) is 0 Å². The van der Waals surface area contributed by atoms with Crippen LogP contribution in [0.25, 0.3) is 0 Å². The number of hydrogen-bond acceptors (Lipinski definition) is 2. The van der Waals surface area contributed by atoms with Gasteiger partial charge >= 0.3 is 0 Å². The van der Waals surface area contributed by atoms with Gasteiger partial charge in [0.1, 0.15) is 5.75 Å². The number of ether oxygens (including phenoxy) is 1. The van der Waals surface area contributed by atoms with Crippen molar-refractivity contribution < 1.29 is 4.74 Å². The number of hydrogen-bond donors (Lipinski definition) is 1. The lowest BCUT2D eigenvalue weighted by atomic mass is 9.78. The number of rotatable bonds is 10. The molecule has 1 N–H and O–H groups in total. The Morgan fingerprint density at radius 3 is 2.12 bits per heavy atom. The summed E-state index contributed by atoms with van der Waals surface area (Å²) < 4.78 is 5.85. The van der Waals surface area contributed by atoms with E-state index >= 15 is 0 Å². The molecule has 0 aromatic heterocycles. The van der Waals surface area contributed by atoms with Crippen molar-refractivity contribution in [3.63, 3.8) is 0 Å². The fraction of sp³-hybridized carbons (Fsp3) is 0.455. The quantitative estimate of drug-likeness (QED) is 0.608. The molecule has 0 spiro atoms. The van der Waals surface area contributed by atoms with Crippen LogP contribution >= 0.6 is 0 Å². The molecular formula is C22H31NO. The Kier molecular flexibility index (Phi) is 7.33. The summed E-state index contributed by atoms with van der Waals surface area (Å²) in [7, 11) is 0. The monoisotopic (exact) mass is 325 g/mol. The maximum atomic E-state index is 5.85. The molecule has 0 atom stereocenters. The molecule has 0 aliphatic carbocycles. The molecule has 0 radical (unpaired) electrons. The molecule has 0 fully saturated rings. The average molecular weight is 325 g/mol. The van der Waals surface area contributed by atoms with Gasteiger partial charge in [0.2, 0.25) is 0 Å². The molecular weight excluding hydrogens is 294 g/mol. The minimum absolute atomic E-state index is 0.00296. The van der Waals surface area contributed by atoms with E-state index in [1.807, 2.05) is 0 Å². The van der Waals surface area contributed by atoms with Gasteiger partial charge in [-0.25, -0.2) is 0 Å². The van der Waals surface area contributed by atoms with Gasteiger partial charge in [0, 0.05) is 5.41 Å². The SMILES string of the molecule is CCCCNCCCOc1ccc(C(C)(C)c2ccccc2)cc1. The van der Waals surface area contributed by atoms with E-state index in [1.165, 1.54) is 24.0 Å². The lowest BCUT2D eigenvalue weighted by Gasteiger charge is -2.26. The van der Waals surface area contributed by atoms with Crippen LogP contribution in [0.15, 0.2) is 54.6 Å². The van der Waals surface area contributed by atoms with Crippen LogP contribution in [0.2, 0.25) is 0 Å².